The second-order valence-corrected chi connectivity index (χ2v) is 9.35. The predicted molar refractivity (Wildman–Crippen MR) is 143 cm³/mol. The fourth-order valence-electron chi connectivity index (χ4n) is 4.98. The lowest BCUT2D eigenvalue weighted by Crippen LogP contribution is -2.59. The normalized spacial score (nSPS) is 16.3. The van der Waals surface area contributed by atoms with Gasteiger partial charge in [-0.25, -0.2) is 9.98 Å². The summed E-state index contributed by atoms with van der Waals surface area (Å²) in [7, 11) is 1.70. The van der Waals surface area contributed by atoms with Crippen LogP contribution in [0, 0.1) is 11.4 Å². The van der Waals surface area contributed by atoms with Crippen molar-refractivity contribution in [2.45, 2.75) is 25.4 Å². The van der Waals surface area contributed by atoms with E-state index in [1.807, 2.05) is 59.2 Å². The molecule has 3 heterocycles. The maximum atomic E-state index is 13.6. The first-order valence-corrected chi connectivity index (χ1v) is 12.5. The van der Waals surface area contributed by atoms with Gasteiger partial charge in [-0.15, -0.1) is 0 Å². The third kappa shape index (κ3) is 4.21. The molecule has 2 aromatic heterocycles. The van der Waals surface area contributed by atoms with Crippen molar-refractivity contribution in [2.75, 3.05) is 5.32 Å². The van der Waals surface area contributed by atoms with Crippen LogP contribution in [0.25, 0.3) is 17.1 Å². The molecule has 0 unspecified atom stereocenters. The minimum absolute atomic E-state index is 0.0231. The molecule has 0 fully saturated rings. The molecule has 0 bridgehead atoms. The maximum absolute atomic E-state index is 13.6. The van der Waals surface area contributed by atoms with Crippen LogP contribution in [0.4, 0.5) is 10.1 Å². The standard InChI is InChI=1S/C29H26FN7O/c1-36-28(38)25(26(31)37-23-11-5-10-22(23)35-29(36)37)27(33-20-7-3-2-4-8-20)32-17-18-13-15-19(16-14-18)21-9-6-12-24(30)34-21/h2-4,6-10,12-16,23,31-33H,5,11,17H2,1H3/b27-25-,31-26?/t23-/m0/s1. The zero-order valence-electron chi connectivity index (χ0n) is 20.8. The van der Waals surface area contributed by atoms with Crippen molar-refractivity contribution in [3.8, 4) is 11.3 Å². The number of aromatic nitrogens is 3. The van der Waals surface area contributed by atoms with Gasteiger partial charge < -0.3 is 10.6 Å². The Hall–Kier alpha value is -4.79. The first kappa shape index (κ1) is 23.6. The van der Waals surface area contributed by atoms with Crippen LogP contribution in [0.2, 0.25) is 0 Å². The highest BCUT2D eigenvalue weighted by molar-refractivity contribution is 5.63. The predicted octanol–water partition coefficient (Wildman–Crippen LogP) is 2.69. The van der Waals surface area contributed by atoms with E-state index in [9.17, 15) is 9.18 Å². The van der Waals surface area contributed by atoms with Gasteiger partial charge >= 0.3 is 0 Å². The minimum Gasteiger partial charge on any atom is -0.367 e. The summed E-state index contributed by atoms with van der Waals surface area (Å²) in [6.45, 7) is 0.398. The fourth-order valence-corrected chi connectivity index (χ4v) is 4.98. The summed E-state index contributed by atoms with van der Waals surface area (Å²) in [5.41, 5.74) is 4.35. The van der Waals surface area contributed by atoms with E-state index in [1.54, 1.807) is 19.2 Å². The number of rotatable bonds is 6. The molecule has 0 saturated carbocycles. The van der Waals surface area contributed by atoms with Crippen LogP contribution in [0.3, 0.4) is 0 Å². The monoisotopic (exact) mass is 507 g/mol. The van der Waals surface area contributed by atoms with Crippen LogP contribution in [-0.4, -0.2) is 14.1 Å². The summed E-state index contributed by atoms with van der Waals surface area (Å²) in [4.78, 5) is 22.1. The number of nitrogens with one attached hydrogen (secondary N) is 3. The molecule has 38 heavy (non-hydrogen) atoms. The average molecular weight is 508 g/mol. The number of para-hydroxylation sites is 1. The van der Waals surface area contributed by atoms with Crippen molar-refractivity contribution in [2.24, 2.45) is 12.0 Å². The second-order valence-electron chi connectivity index (χ2n) is 9.35. The number of hydrogen-bond donors (Lipinski definition) is 3. The molecular weight excluding hydrogens is 481 g/mol. The highest BCUT2D eigenvalue weighted by Crippen LogP contribution is 2.31. The number of benzene rings is 2. The van der Waals surface area contributed by atoms with E-state index in [1.165, 1.54) is 10.6 Å². The zero-order valence-corrected chi connectivity index (χ0v) is 20.8. The van der Waals surface area contributed by atoms with Crippen molar-refractivity contribution in [1.29, 1.82) is 5.41 Å². The van der Waals surface area contributed by atoms with Gasteiger partial charge in [0.05, 0.1) is 17.4 Å². The molecule has 0 amide bonds. The molecule has 8 nitrogen and oxygen atoms in total. The fraction of sp³-hybridized carbons (Fsp3) is 0.172. The van der Waals surface area contributed by atoms with Crippen molar-refractivity contribution in [3.05, 3.63) is 123 Å². The summed E-state index contributed by atoms with van der Waals surface area (Å²) < 4.78 is 16.9. The van der Waals surface area contributed by atoms with Crippen LogP contribution >= 0.6 is 0 Å². The first-order valence-electron chi connectivity index (χ1n) is 12.5. The van der Waals surface area contributed by atoms with Gasteiger partial charge in [-0.2, -0.15) is 4.39 Å². The van der Waals surface area contributed by atoms with Crippen LogP contribution in [0.15, 0.2) is 94.4 Å². The van der Waals surface area contributed by atoms with Gasteiger partial charge in [-0.1, -0.05) is 54.6 Å². The van der Waals surface area contributed by atoms with Crippen LogP contribution < -0.4 is 32.5 Å². The molecule has 9 heteroatoms. The van der Waals surface area contributed by atoms with Crippen molar-refractivity contribution < 1.29 is 4.39 Å². The summed E-state index contributed by atoms with van der Waals surface area (Å²) >= 11 is 0. The Morgan fingerprint density at radius 1 is 1.08 bits per heavy atom. The topological polar surface area (TPSA) is 100 Å². The summed E-state index contributed by atoms with van der Waals surface area (Å²) in [6.07, 6.45) is 3.85. The molecular formula is C29H26FN7O. The first-order chi connectivity index (χ1) is 18.5. The van der Waals surface area contributed by atoms with Gasteiger partial charge in [0.25, 0.3) is 5.56 Å². The van der Waals surface area contributed by atoms with E-state index >= 15 is 0 Å². The quantitative estimate of drug-likeness (QED) is 0.350. The third-order valence-corrected chi connectivity index (χ3v) is 6.91. The lowest BCUT2D eigenvalue weighted by Gasteiger charge is -2.17. The molecule has 2 aromatic carbocycles. The van der Waals surface area contributed by atoms with E-state index in [0.717, 1.165) is 35.4 Å². The van der Waals surface area contributed by atoms with Crippen molar-refractivity contribution in [1.82, 2.24) is 19.4 Å². The SMILES string of the molecule is Cn1c(=O)/c(=C(/NCc2ccc(-c3cccc(F)n3)cc2)Nc2ccccc2)c(=N)n2c1=NC1=CCC[C@@H]12. The molecule has 0 spiro atoms. The molecule has 3 N–H and O–H groups in total. The van der Waals surface area contributed by atoms with E-state index in [2.05, 4.69) is 26.7 Å². The Kier molecular flexibility index (Phi) is 5.95. The van der Waals surface area contributed by atoms with Gasteiger partial charge in [0.2, 0.25) is 11.6 Å². The average Bonchev–Trinajstić information content (AvgIpc) is 3.53. The van der Waals surface area contributed by atoms with E-state index in [-0.39, 0.29) is 22.3 Å². The largest absolute Gasteiger partial charge is 0.367 e. The van der Waals surface area contributed by atoms with Crippen molar-refractivity contribution >= 4 is 11.5 Å². The number of fused-ring (bicyclic) bond motifs is 3. The lowest BCUT2D eigenvalue weighted by atomic mass is 10.1. The molecule has 0 saturated heterocycles. The number of nitrogens with zero attached hydrogens (tertiary/aromatic N) is 4. The molecule has 6 rings (SSSR count). The van der Waals surface area contributed by atoms with E-state index in [4.69, 9.17) is 5.41 Å². The van der Waals surface area contributed by atoms with Gasteiger partial charge in [0.1, 0.15) is 16.5 Å². The Morgan fingerprint density at radius 3 is 2.63 bits per heavy atom. The lowest BCUT2D eigenvalue weighted by molar-refractivity contribution is 0.511. The van der Waals surface area contributed by atoms with Crippen molar-refractivity contribution in [3.63, 3.8) is 0 Å². The Morgan fingerprint density at radius 2 is 1.87 bits per heavy atom. The number of hydrogen-bond acceptors (Lipinski definition) is 6. The number of pyridine rings is 1. The summed E-state index contributed by atoms with van der Waals surface area (Å²) in [5.74, 6) is -0.0733. The Bertz CT molecular complexity index is 1810. The molecule has 0 radical (unpaired) electrons. The number of halogens is 1. The molecule has 190 valence electrons. The second kappa shape index (κ2) is 9.59. The molecule has 2 aliphatic rings. The zero-order chi connectivity index (χ0) is 26.2. The molecule has 1 atom stereocenters. The molecule has 1 aliphatic carbocycles. The number of anilines is 1. The number of allylic oxidation sites excluding steroid dienone is 2. The van der Waals surface area contributed by atoms with Gasteiger partial charge in [-0.05, 0) is 42.7 Å². The van der Waals surface area contributed by atoms with Crippen LogP contribution in [-0.2, 0) is 13.6 Å². The van der Waals surface area contributed by atoms with Gasteiger partial charge in [0, 0.05) is 24.8 Å². The Balaban J connectivity index is 1.40. The van der Waals surface area contributed by atoms with Gasteiger partial charge in [-0.3, -0.25) is 19.3 Å². The minimum atomic E-state index is -0.521. The third-order valence-electron chi connectivity index (χ3n) is 6.91. The highest BCUT2D eigenvalue weighted by atomic mass is 19.1. The molecule has 4 aromatic rings. The highest BCUT2D eigenvalue weighted by Gasteiger charge is 2.29. The summed E-state index contributed by atoms with van der Waals surface area (Å²) in [5, 5.41) is 16.0. The van der Waals surface area contributed by atoms with Gasteiger partial charge in [0.15, 0.2) is 0 Å². The maximum Gasteiger partial charge on any atom is 0.267 e. The van der Waals surface area contributed by atoms with E-state index < -0.39 is 5.95 Å². The summed E-state index contributed by atoms with van der Waals surface area (Å²) in [6, 6.07) is 21.9. The van der Waals surface area contributed by atoms with Crippen LogP contribution in [0.5, 0.6) is 0 Å². The molecule has 1 aliphatic heterocycles. The van der Waals surface area contributed by atoms with E-state index in [0.29, 0.717) is 23.7 Å². The smallest absolute Gasteiger partial charge is 0.267 e. The Labute approximate surface area is 217 Å². The van der Waals surface area contributed by atoms with Crippen LogP contribution in [0.1, 0.15) is 24.4 Å².